The molecule has 0 saturated carbocycles. The lowest BCUT2D eigenvalue weighted by atomic mass is 10.1. The highest BCUT2D eigenvalue weighted by Gasteiger charge is 2.08. The van der Waals surface area contributed by atoms with Gasteiger partial charge in [-0.3, -0.25) is 0 Å². The topological polar surface area (TPSA) is 69.6 Å². The van der Waals surface area contributed by atoms with Gasteiger partial charge < -0.3 is 5.73 Å². The van der Waals surface area contributed by atoms with Gasteiger partial charge in [-0.2, -0.15) is 11.3 Å². The molecule has 5 nitrogen and oxygen atoms in total. The van der Waals surface area contributed by atoms with Gasteiger partial charge in [0.05, 0.1) is 0 Å². The Labute approximate surface area is 102 Å². The maximum atomic E-state index is 6.05. The largest absolute Gasteiger partial charge is 0.324 e. The maximum absolute atomic E-state index is 6.05. The van der Waals surface area contributed by atoms with Crippen LogP contribution in [-0.4, -0.2) is 26.0 Å². The SMILES string of the molecule is Cn1nnnc1SCCC(N)c1ccsc1. The predicted molar refractivity (Wildman–Crippen MR) is 65.4 cm³/mol. The molecule has 2 aromatic rings. The van der Waals surface area contributed by atoms with Crippen LogP contribution in [0.1, 0.15) is 18.0 Å². The molecule has 0 fully saturated rings. The van der Waals surface area contributed by atoms with Gasteiger partial charge in [0.1, 0.15) is 0 Å². The molecule has 0 bridgehead atoms. The van der Waals surface area contributed by atoms with Crippen molar-refractivity contribution in [2.75, 3.05) is 5.75 Å². The summed E-state index contributed by atoms with van der Waals surface area (Å²) in [7, 11) is 1.83. The standard InChI is InChI=1S/C9H13N5S2/c1-14-9(11-12-13-14)16-5-3-8(10)7-2-4-15-6-7/h2,4,6,8H,3,5,10H2,1H3. The molecule has 0 saturated heterocycles. The smallest absolute Gasteiger partial charge is 0.209 e. The van der Waals surface area contributed by atoms with Crippen molar-refractivity contribution in [3.05, 3.63) is 22.4 Å². The number of aromatic nitrogens is 4. The number of tetrazole rings is 1. The molecule has 0 aromatic carbocycles. The summed E-state index contributed by atoms with van der Waals surface area (Å²) >= 11 is 3.31. The van der Waals surface area contributed by atoms with Crippen LogP contribution in [0, 0.1) is 0 Å². The lowest BCUT2D eigenvalue weighted by Crippen LogP contribution is -2.10. The summed E-state index contributed by atoms with van der Waals surface area (Å²) < 4.78 is 1.67. The first-order valence-corrected chi connectivity index (χ1v) is 6.83. The zero-order valence-electron chi connectivity index (χ0n) is 8.91. The van der Waals surface area contributed by atoms with E-state index >= 15 is 0 Å². The van der Waals surface area contributed by atoms with Crippen molar-refractivity contribution in [2.24, 2.45) is 12.8 Å². The lowest BCUT2D eigenvalue weighted by molar-refractivity contribution is 0.662. The van der Waals surface area contributed by atoms with Crippen molar-refractivity contribution in [1.82, 2.24) is 20.2 Å². The van der Waals surface area contributed by atoms with Gasteiger partial charge in [0, 0.05) is 18.8 Å². The molecule has 2 rings (SSSR count). The molecule has 7 heteroatoms. The highest BCUT2D eigenvalue weighted by Crippen LogP contribution is 2.21. The minimum atomic E-state index is 0.111. The van der Waals surface area contributed by atoms with E-state index in [2.05, 4.69) is 32.4 Å². The van der Waals surface area contributed by atoms with E-state index in [0.29, 0.717) is 0 Å². The van der Waals surface area contributed by atoms with E-state index in [9.17, 15) is 0 Å². The van der Waals surface area contributed by atoms with E-state index in [4.69, 9.17) is 5.73 Å². The molecule has 2 heterocycles. The number of nitrogens with zero attached hydrogens (tertiary/aromatic N) is 4. The summed E-state index contributed by atoms with van der Waals surface area (Å²) in [6.45, 7) is 0. The zero-order valence-corrected chi connectivity index (χ0v) is 10.5. The Bertz CT molecular complexity index is 425. The van der Waals surface area contributed by atoms with Gasteiger partial charge in [0.25, 0.3) is 0 Å². The van der Waals surface area contributed by atoms with Crippen molar-refractivity contribution in [3.63, 3.8) is 0 Å². The van der Waals surface area contributed by atoms with Crippen LogP contribution in [0.5, 0.6) is 0 Å². The zero-order chi connectivity index (χ0) is 11.4. The Morgan fingerprint density at radius 2 is 2.50 bits per heavy atom. The Balaban J connectivity index is 1.78. The Morgan fingerprint density at radius 3 is 3.12 bits per heavy atom. The molecule has 1 unspecified atom stereocenters. The highest BCUT2D eigenvalue weighted by molar-refractivity contribution is 7.99. The number of aryl methyl sites for hydroxylation is 1. The number of rotatable bonds is 5. The molecule has 2 N–H and O–H groups in total. The number of nitrogens with two attached hydrogens (primary N) is 1. The van der Waals surface area contributed by atoms with E-state index in [0.717, 1.165) is 17.3 Å². The van der Waals surface area contributed by atoms with Crippen molar-refractivity contribution in [3.8, 4) is 0 Å². The van der Waals surface area contributed by atoms with Crippen LogP contribution in [0.2, 0.25) is 0 Å². The molecule has 1 atom stereocenters. The van der Waals surface area contributed by atoms with Crippen LogP contribution in [0.3, 0.4) is 0 Å². The summed E-state index contributed by atoms with van der Waals surface area (Å²) in [5.74, 6) is 0.922. The van der Waals surface area contributed by atoms with Gasteiger partial charge in [0.15, 0.2) is 0 Å². The molecule has 0 aliphatic heterocycles. The normalized spacial score (nSPS) is 12.9. The summed E-state index contributed by atoms with van der Waals surface area (Å²) in [6.07, 6.45) is 0.925. The second kappa shape index (κ2) is 5.42. The minimum Gasteiger partial charge on any atom is -0.324 e. The van der Waals surface area contributed by atoms with Gasteiger partial charge in [-0.15, -0.1) is 5.10 Å². The van der Waals surface area contributed by atoms with Crippen LogP contribution in [0.15, 0.2) is 22.0 Å². The lowest BCUT2D eigenvalue weighted by Gasteiger charge is -2.08. The van der Waals surface area contributed by atoms with Crippen molar-refractivity contribution in [2.45, 2.75) is 17.6 Å². The summed E-state index contributed by atoms with van der Waals surface area (Å²) in [4.78, 5) is 0. The first-order chi connectivity index (χ1) is 7.77. The Kier molecular flexibility index (Phi) is 3.92. The molecule has 2 aromatic heterocycles. The van der Waals surface area contributed by atoms with Crippen LogP contribution in [0.25, 0.3) is 0 Å². The molecule has 86 valence electrons. The van der Waals surface area contributed by atoms with Crippen molar-refractivity contribution in [1.29, 1.82) is 0 Å². The van der Waals surface area contributed by atoms with E-state index in [1.807, 2.05) is 7.05 Å². The molecular formula is C9H13N5S2. The second-order valence-electron chi connectivity index (χ2n) is 3.39. The minimum absolute atomic E-state index is 0.111. The number of hydrogen-bond donors (Lipinski definition) is 1. The third-order valence-electron chi connectivity index (χ3n) is 2.21. The van der Waals surface area contributed by atoms with E-state index in [1.54, 1.807) is 27.8 Å². The van der Waals surface area contributed by atoms with E-state index in [-0.39, 0.29) is 6.04 Å². The van der Waals surface area contributed by atoms with Gasteiger partial charge in [-0.05, 0) is 39.2 Å². The molecule has 0 amide bonds. The third kappa shape index (κ3) is 2.81. The van der Waals surface area contributed by atoms with Gasteiger partial charge in [0.2, 0.25) is 5.16 Å². The maximum Gasteiger partial charge on any atom is 0.209 e. The van der Waals surface area contributed by atoms with Gasteiger partial charge in [-0.25, -0.2) is 4.68 Å². The number of thioether (sulfide) groups is 1. The highest BCUT2D eigenvalue weighted by atomic mass is 32.2. The quantitative estimate of drug-likeness (QED) is 0.819. The first kappa shape index (κ1) is 11.6. The fraction of sp³-hybridized carbons (Fsp3) is 0.444. The molecule has 0 radical (unpaired) electrons. The fourth-order valence-electron chi connectivity index (χ4n) is 1.27. The number of thiophene rings is 1. The van der Waals surface area contributed by atoms with E-state index < -0.39 is 0 Å². The van der Waals surface area contributed by atoms with Crippen LogP contribution >= 0.6 is 23.1 Å². The fourth-order valence-corrected chi connectivity index (χ4v) is 2.87. The summed E-state index contributed by atoms with van der Waals surface area (Å²) in [5.41, 5.74) is 7.26. The first-order valence-electron chi connectivity index (χ1n) is 4.90. The van der Waals surface area contributed by atoms with Gasteiger partial charge >= 0.3 is 0 Å². The number of hydrogen-bond acceptors (Lipinski definition) is 6. The summed E-state index contributed by atoms with van der Waals surface area (Å²) in [5, 5.41) is 16.2. The van der Waals surface area contributed by atoms with Crippen LogP contribution < -0.4 is 5.73 Å². The second-order valence-corrected chi connectivity index (χ2v) is 5.23. The van der Waals surface area contributed by atoms with Crippen molar-refractivity contribution >= 4 is 23.1 Å². The van der Waals surface area contributed by atoms with Crippen LogP contribution in [-0.2, 0) is 7.05 Å². The molecule has 0 aliphatic rings. The van der Waals surface area contributed by atoms with Crippen molar-refractivity contribution < 1.29 is 0 Å². The Hall–Kier alpha value is -0.920. The molecular weight excluding hydrogens is 242 g/mol. The molecule has 0 spiro atoms. The van der Waals surface area contributed by atoms with E-state index in [1.165, 1.54) is 5.56 Å². The summed E-state index contributed by atoms with van der Waals surface area (Å²) in [6, 6.07) is 2.18. The third-order valence-corrected chi connectivity index (χ3v) is 3.96. The Morgan fingerprint density at radius 1 is 1.62 bits per heavy atom. The molecule has 0 aliphatic carbocycles. The average molecular weight is 255 g/mol. The monoisotopic (exact) mass is 255 g/mol. The van der Waals surface area contributed by atoms with Crippen LogP contribution in [0.4, 0.5) is 0 Å². The predicted octanol–water partition coefficient (Wildman–Crippen LogP) is 1.45. The van der Waals surface area contributed by atoms with Gasteiger partial charge in [-0.1, -0.05) is 11.8 Å². The average Bonchev–Trinajstić information content (AvgIpc) is 2.90. The molecule has 16 heavy (non-hydrogen) atoms.